The Morgan fingerprint density at radius 2 is 1.92 bits per heavy atom. The van der Waals surface area contributed by atoms with Gasteiger partial charge in [0.25, 0.3) is 6.43 Å². The predicted molar refractivity (Wildman–Crippen MR) is 48.9 cm³/mol. The second-order valence-electron chi connectivity index (χ2n) is 2.63. The first-order valence-electron chi connectivity index (χ1n) is 3.77. The van der Waals surface area contributed by atoms with E-state index in [9.17, 15) is 13.2 Å². The predicted octanol–water partition coefficient (Wildman–Crippen LogP) is 3.70. The number of aryl methyl sites for hydroxylation is 1. The van der Waals surface area contributed by atoms with E-state index in [-0.39, 0.29) is 5.56 Å². The molecule has 13 heavy (non-hydrogen) atoms. The largest absolute Gasteiger partial charge is 0.263 e. The van der Waals surface area contributed by atoms with Gasteiger partial charge in [-0.3, -0.25) is 0 Å². The zero-order valence-electron chi connectivity index (χ0n) is 6.74. The summed E-state index contributed by atoms with van der Waals surface area (Å²) in [5.74, 6) is -0.603. The lowest BCUT2D eigenvalue weighted by Gasteiger charge is -2.03. The molecule has 1 aromatic rings. The molecular formula is C9H8BrF3. The number of alkyl halides is 3. The molecule has 0 nitrogen and oxygen atoms in total. The maximum atomic E-state index is 12.8. The van der Waals surface area contributed by atoms with Gasteiger partial charge in [-0.15, -0.1) is 0 Å². The first-order chi connectivity index (χ1) is 6.13. The lowest BCUT2D eigenvalue weighted by molar-refractivity contribution is 0.151. The summed E-state index contributed by atoms with van der Waals surface area (Å²) < 4.78 is 37.1. The summed E-state index contributed by atoms with van der Waals surface area (Å²) in [7, 11) is 0. The lowest BCUT2D eigenvalue weighted by Crippen LogP contribution is -1.92. The first kappa shape index (κ1) is 10.6. The molecule has 1 aromatic carbocycles. The average molecular weight is 253 g/mol. The molecule has 0 N–H and O–H groups in total. The van der Waals surface area contributed by atoms with E-state index in [1.54, 1.807) is 0 Å². The number of rotatable bonds is 3. The van der Waals surface area contributed by atoms with Crippen LogP contribution >= 0.6 is 15.9 Å². The van der Waals surface area contributed by atoms with Crippen molar-refractivity contribution in [3.8, 4) is 0 Å². The number of hydrogen-bond donors (Lipinski definition) is 0. The van der Waals surface area contributed by atoms with Crippen LogP contribution in [0.3, 0.4) is 0 Å². The maximum absolute atomic E-state index is 12.8. The summed E-state index contributed by atoms with van der Waals surface area (Å²) in [5.41, 5.74) is 0.336. The highest BCUT2D eigenvalue weighted by Gasteiger charge is 2.09. The van der Waals surface area contributed by atoms with Gasteiger partial charge >= 0.3 is 0 Å². The minimum Gasteiger partial charge on any atom is -0.207 e. The van der Waals surface area contributed by atoms with Gasteiger partial charge in [0.15, 0.2) is 0 Å². The monoisotopic (exact) mass is 252 g/mol. The fourth-order valence-corrected chi connectivity index (χ4v) is 1.51. The molecule has 0 aromatic heterocycles. The molecule has 0 heterocycles. The van der Waals surface area contributed by atoms with Crippen LogP contribution in [0.1, 0.15) is 17.6 Å². The highest BCUT2D eigenvalue weighted by Crippen LogP contribution is 2.21. The molecule has 0 spiro atoms. The SMILES string of the molecule is Fc1cc(CCBr)cc(C(F)F)c1. The van der Waals surface area contributed by atoms with Crippen LogP contribution in [-0.4, -0.2) is 5.33 Å². The van der Waals surface area contributed by atoms with Crippen molar-refractivity contribution in [2.45, 2.75) is 12.8 Å². The van der Waals surface area contributed by atoms with Crippen LogP contribution in [0.4, 0.5) is 13.2 Å². The molecule has 0 bridgehead atoms. The molecule has 0 unspecified atom stereocenters. The Balaban J connectivity index is 2.96. The molecule has 0 amide bonds. The molecule has 0 fully saturated rings. The Hall–Kier alpha value is -0.510. The van der Waals surface area contributed by atoms with E-state index in [4.69, 9.17) is 0 Å². The Bertz CT molecular complexity index is 286. The van der Waals surface area contributed by atoms with Crippen molar-refractivity contribution in [1.82, 2.24) is 0 Å². The van der Waals surface area contributed by atoms with Crippen molar-refractivity contribution in [3.63, 3.8) is 0 Å². The number of hydrogen-bond acceptors (Lipinski definition) is 0. The van der Waals surface area contributed by atoms with E-state index in [1.165, 1.54) is 12.1 Å². The van der Waals surface area contributed by atoms with Crippen LogP contribution in [0.5, 0.6) is 0 Å². The molecule has 0 atom stereocenters. The van der Waals surface area contributed by atoms with Crippen LogP contribution in [0.2, 0.25) is 0 Å². The van der Waals surface area contributed by atoms with E-state index in [0.717, 1.165) is 6.07 Å². The van der Waals surface area contributed by atoms with Crippen LogP contribution < -0.4 is 0 Å². The summed E-state index contributed by atoms with van der Waals surface area (Å²) >= 11 is 3.16. The van der Waals surface area contributed by atoms with Crippen molar-refractivity contribution in [1.29, 1.82) is 0 Å². The minimum atomic E-state index is -2.61. The van der Waals surface area contributed by atoms with Crippen molar-refractivity contribution in [2.24, 2.45) is 0 Å². The Kier molecular flexibility index (Phi) is 3.78. The Morgan fingerprint density at radius 3 is 2.46 bits per heavy atom. The topological polar surface area (TPSA) is 0 Å². The fourth-order valence-electron chi connectivity index (χ4n) is 1.05. The second kappa shape index (κ2) is 4.65. The van der Waals surface area contributed by atoms with E-state index in [2.05, 4.69) is 15.9 Å². The second-order valence-corrected chi connectivity index (χ2v) is 3.43. The molecule has 0 aliphatic rings. The van der Waals surface area contributed by atoms with Gasteiger partial charge in [-0.25, -0.2) is 13.2 Å². The summed E-state index contributed by atoms with van der Waals surface area (Å²) in [6.07, 6.45) is -2.05. The van der Waals surface area contributed by atoms with Gasteiger partial charge in [-0.1, -0.05) is 15.9 Å². The number of benzene rings is 1. The molecular weight excluding hydrogens is 245 g/mol. The smallest absolute Gasteiger partial charge is 0.207 e. The van der Waals surface area contributed by atoms with Crippen molar-refractivity contribution in [3.05, 3.63) is 35.1 Å². The normalized spacial score (nSPS) is 10.8. The molecule has 0 aliphatic carbocycles. The van der Waals surface area contributed by atoms with Gasteiger partial charge < -0.3 is 0 Å². The zero-order chi connectivity index (χ0) is 9.84. The third-order valence-corrected chi connectivity index (χ3v) is 2.01. The molecule has 0 saturated heterocycles. The van der Waals surface area contributed by atoms with Crippen molar-refractivity contribution in [2.75, 3.05) is 5.33 Å². The highest BCUT2D eigenvalue weighted by molar-refractivity contribution is 9.09. The van der Waals surface area contributed by atoms with Gasteiger partial charge in [-0.05, 0) is 30.2 Å². The summed E-state index contributed by atoms with van der Waals surface area (Å²) in [6, 6.07) is 3.46. The van der Waals surface area contributed by atoms with Gasteiger partial charge in [-0.2, -0.15) is 0 Å². The number of halogens is 4. The molecule has 72 valence electrons. The van der Waals surface area contributed by atoms with Crippen LogP contribution in [-0.2, 0) is 6.42 Å². The third-order valence-electron chi connectivity index (χ3n) is 1.62. The van der Waals surface area contributed by atoms with E-state index >= 15 is 0 Å². The van der Waals surface area contributed by atoms with Crippen molar-refractivity contribution < 1.29 is 13.2 Å². The minimum absolute atomic E-state index is 0.254. The van der Waals surface area contributed by atoms with Crippen LogP contribution in [0, 0.1) is 5.82 Å². The van der Waals surface area contributed by atoms with Gasteiger partial charge in [0.05, 0.1) is 0 Å². The summed E-state index contributed by atoms with van der Waals surface area (Å²) in [4.78, 5) is 0. The van der Waals surface area contributed by atoms with Crippen molar-refractivity contribution >= 4 is 15.9 Å². The lowest BCUT2D eigenvalue weighted by atomic mass is 10.1. The highest BCUT2D eigenvalue weighted by atomic mass is 79.9. The standard InChI is InChI=1S/C9H8BrF3/c10-2-1-6-3-7(9(12)13)5-8(11)4-6/h3-5,9H,1-2H2. The molecule has 0 radical (unpaired) electrons. The van der Waals surface area contributed by atoms with E-state index in [0.29, 0.717) is 17.3 Å². The Labute approximate surface area is 82.9 Å². The van der Waals surface area contributed by atoms with Gasteiger partial charge in [0, 0.05) is 10.9 Å². The average Bonchev–Trinajstić information content (AvgIpc) is 2.03. The summed E-state index contributed by atoms with van der Waals surface area (Å²) in [5, 5.41) is 0.638. The molecule has 4 heteroatoms. The molecule has 0 saturated carbocycles. The van der Waals surface area contributed by atoms with Gasteiger partial charge in [0.1, 0.15) is 5.82 Å². The zero-order valence-corrected chi connectivity index (χ0v) is 8.32. The summed E-state index contributed by atoms with van der Waals surface area (Å²) in [6.45, 7) is 0. The fraction of sp³-hybridized carbons (Fsp3) is 0.333. The Morgan fingerprint density at radius 1 is 1.23 bits per heavy atom. The van der Waals surface area contributed by atoms with E-state index in [1.807, 2.05) is 0 Å². The maximum Gasteiger partial charge on any atom is 0.263 e. The molecule has 1 rings (SSSR count). The third kappa shape index (κ3) is 3.03. The molecule has 0 aliphatic heterocycles. The van der Waals surface area contributed by atoms with Gasteiger partial charge in [0.2, 0.25) is 0 Å². The van der Waals surface area contributed by atoms with Crippen LogP contribution in [0.15, 0.2) is 18.2 Å². The quantitative estimate of drug-likeness (QED) is 0.720. The van der Waals surface area contributed by atoms with Crippen LogP contribution in [0.25, 0.3) is 0 Å². The first-order valence-corrected chi connectivity index (χ1v) is 4.89. The van der Waals surface area contributed by atoms with E-state index < -0.39 is 12.2 Å².